The number of benzene rings is 1. The molecule has 0 atom stereocenters. The van der Waals surface area contributed by atoms with Crippen LogP contribution in [0.4, 0.5) is 0 Å². The molecule has 3 N–H and O–H groups in total. The SMILES string of the molecule is Cl.NCc1sc2ccccc2c1C(=O)O. The molecule has 0 fully saturated rings. The van der Waals surface area contributed by atoms with Gasteiger partial charge in [-0.2, -0.15) is 0 Å². The largest absolute Gasteiger partial charge is 0.478 e. The van der Waals surface area contributed by atoms with E-state index in [0.29, 0.717) is 5.56 Å². The lowest BCUT2D eigenvalue weighted by atomic mass is 10.1. The summed E-state index contributed by atoms with van der Waals surface area (Å²) >= 11 is 1.45. The fraction of sp³-hybridized carbons (Fsp3) is 0.100. The zero-order chi connectivity index (χ0) is 10.1. The number of aromatic carboxylic acids is 1. The number of hydrogen-bond donors (Lipinski definition) is 2. The van der Waals surface area contributed by atoms with E-state index in [2.05, 4.69) is 0 Å². The second-order valence-corrected chi connectivity index (χ2v) is 4.04. The lowest BCUT2D eigenvalue weighted by molar-refractivity contribution is 0.0698. The predicted molar refractivity (Wildman–Crippen MR) is 63.9 cm³/mol. The molecule has 0 unspecified atom stereocenters. The van der Waals surface area contributed by atoms with Gasteiger partial charge in [-0.05, 0) is 6.07 Å². The number of carbonyl (C=O) groups is 1. The van der Waals surface area contributed by atoms with Crippen molar-refractivity contribution in [1.29, 1.82) is 0 Å². The Balaban J connectivity index is 0.00000112. The first-order chi connectivity index (χ1) is 6.74. The van der Waals surface area contributed by atoms with Gasteiger partial charge in [-0.15, -0.1) is 23.7 Å². The first-order valence-corrected chi connectivity index (χ1v) is 4.99. The Morgan fingerprint density at radius 1 is 1.40 bits per heavy atom. The molecule has 0 amide bonds. The number of fused-ring (bicyclic) bond motifs is 1. The number of nitrogens with two attached hydrogens (primary N) is 1. The van der Waals surface area contributed by atoms with Crippen molar-refractivity contribution in [2.45, 2.75) is 6.54 Å². The second-order valence-electron chi connectivity index (χ2n) is 2.91. The highest BCUT2D eigenvalue weighted by Gasteiger charge is 2.16. The van der Waals surface area contributed by atoms with E-state index in [9.17, 15) is 4.79 Å². The van der Waals surface area contributed by atoms with Crippen molar-refractivity contribution in [1.82, 2.24) is 0 Å². The van der Waals surface area contributed by atoms with Gasteiger partial charge in [0.1, 0.15) is 0 Å². The molecule has 0 aliphatic carbocycles. The summed E-state index contributed by atoms with van der Waals surface area (Å²) in [5, 5.41) is 9.82. The minimum absolute atomic E-state index is 0. The Kier molecular flexibility index (Phi) is 3.68. The van der Waals surface area contributed by atoms with Crippen LogP contribution >= 0.6 is 23.7 Å². The van der Waals surface area contributed by atoms with E-state index < -0.39 is 5.97 Å². The van der Waals surface area contributed by atoms with E-state index in [1.54, 1.807) is 0 Å². The van der Waals surface area contributed by atoms with E-state index in [-0.39, 0.29) is 19.0 Å². The second kappa shape index (κ2) is 4.61. The number of hydrogen-bond acceptors (Lipinski definition) is 3. The summed E-state index contributed by atoms with van der Waals surface area (Å²) in [6.45, 7) is 0.279. The van der Waals surface area contributed by atoms with Gasteiger partial charge in [0, 0.05) is 21.5 Å². The van der Waals surface area contributed by atoms with Crippen molar-refractivity contribution in [3.05, 3.63) is 34.7 Å². The van der Waals surface area contributed by atoms with Gasteiger partial charge in [-0.25, -0.2) is 4.79 Å². The summed E-state index contributed by atoms with van der Waals surface area (Å²) in [4.78, 5) is 11.7. The molecule has 0 saturated heterocycles. The molecular formula is C10H10ClNO2S. The zero-order valence-corrected chi connectivity index (χ0v) is 9.40. The van der Waals surface area contributed by atoms with Crippen LogP contribution in [0.5, 0.6) is 0 Å². The van der Waals surface area contributed by atoms with E-state index in [1.807, 2.05) is 24.3 Å². The summed E-state index contributed by atoms with van der Waals surface area (Å²) < 4.78 is 0.977. The number of carboxylic acid groups (broad SMARTS) is 1. The Labute approximate surface area is 96.9 Å². The van der Waals surface area contributed by atoms with Gasteiger partial charge in [0.2, 0.25) is 0 Å². The van der Waals surface area contributed by atoms with Gasteiger partial charge in [-0.1, -0.05) is 18.2 Å². The molecule has 2 rings (SSSR count). The third-order valence-corrected chi connectivity index (χ3v) is 3.26. The Morgan fingerprint density at radius 3 is 2.67 bits per heavy atom. The Bertz CT molecular complexity index is 495. The molecule has 3 nitrogen and oxygen atoms in total. The van der Waals surface area contributed by atoms with Crippen LogP contribution in [0.1, 0.15) is 15.2 Å². The van der Waals surface area contributed by atoms with Crippen molar-refractivity contribution in [2.24, 2.45) is 5.73 Å². The van der Waals surface area contributed by atoms with E-state index >= 15 is 0 Å². The highest BCUT2D eigenvalue weighted by Crippen LogP contribution is 2.30. The molecule has 0 saturated carbocycles. The van der Waals surface area contributed by atoms with Crippen LogP contribution in [0.3, 0.4) is 0 Å². The molecular weight excluding hydrogens is 234 g/mol. The molecule has 1 aromatic carbocycles. The molecule has 5 heteroatoms. The monoisotopic (exact) mass is 243 g/mol. The van der Waals surface area contributed by atoms with E-state index in [4.69, 9.17) is 10.8 Å². The molecule has 0 aliphatic heterocycles. The Morgan fingerprint density at radius 2 is 2.07 bits per heavy atom. The van der Waals surface area contributed by atoms with Crippen molar-refractivity contribution in [2.75, 3.05) is 0 Å². The number of halogens is 1. The molecule has 80 valence electrons. The normalized spacial score (nSPS) is 9.93. The van der Waals surface area contributed by atoms with Crippen LogP contribution < -0.4 is 5.73 Å². The summed E-state index contributed by atoms with van der Waals surface area (Å²) in [7, 11) is 0. The lowest BCUT2D eigenvalue weighted by Crippen LogP contribution is -2.03. The molecule has 2 aromatic rings. The van der Waals surface area contributed by atoms with Crippen LogP contribution in [0.15, 0.2) is 24.3 Å². The molecule has 0 aliphatic rings. The van der Waals surface area contributed by atoms with Gasteiger partial charge in [0.15, 0.2) is 0 Å². The van der Waals surface area contributed by atoms with Gasteiger partial charge in [-0.3, -0.25) is 0 Å². The minimum atomic E-state index is -0.900. The smallest absolute Gasteiger partial charge is 0.337 e. The molecule has 0 spiro atoms. The van der Waals surface area contributed by atoms with Crippen molar-refractivity contribution >= 4 is 39.8 Å². The third kappa shape index (κ3) is 1.97. The summed E-state index contributed by atoms with van der Waals surface area (Å²) in [6.07, 6.45) is 0. The van der Waals surface area contributed by atoms with Crippen molar-refractivity contribution < 1.29 is 9.90 Å². The molecule has 15 heavy (non-hydrogen) atoms. The summed E-state index contributed by atoms with van der Waals surface area (Å²) in [5.41, 5.74) is 5.85. The average molecular weight is 244 g/mol. The first-order valence-electron chi connectivity index (χ1n) is 4.18. The number of carboxylic acids is 1. The van der Waals surface area contributed by atoms with Crippen molar-refractivity contribution in [3.63, 3.8) is 0 Å². The highest BCUT2D eigenvalue weighted by atomic mass is 35.5. The maximum Gasteiger partial charge on any atom is 0.337 e. The predicted octanol–water partition coefficient (Wildman–Crippen LogP) is 2.48. The van der Waals surface area contributed by atoms with Crippen LogP contribution in [0.25, 0.3) is 10.1 Å². The van der Waals surface area contributed by atoms with Gasteiger partial charge in [0.05, 0.1) is 5.56 Å². The van der Waals surface area contributed by atoms with E-state index in [1.165, 1.54) is 11.3 Å². The van der Waals surface area contributed by atoms with Crippen LogP contribution in [-0.2, 0) is 6.54 Å². The quantitative estimate of drug-likeness (QED) is 0.852. The molecule has 0 bridgehead atoms. The zero-order valence-electron chi connectivity index (χ0n) is 7.77. The number of thiophene rings is 1. The first kappa shape index (κ1) is 12.0. The summed E-state index contributed by atoms with van der Waals surface area (Å²) in [5.74, 6) is -0.900. The van der Waals surface area contributed by atoms with Crippen LogP contribution in [0.2, 0.25) is 0 Å². The third-order valence-electron chi connectivity index (χ3n) is 2.07. The Hall–Kier alpha value is -1.10. The van der Waals surface area contributed by atoms with Gasteiger partial charge >= 0.3 is 5.97 Å². The van der Waals surface area contributed by atoms with Crippen molar-refractivity contribution in [3.8, 4) is 0 Å². The molecule has 1 aromatic heterocycles. The maximum absolute atomic E-state index is 11.0. The fourth-order valence-corrected chi connectivity index (χ4v) is 2.55. The van der Waals surface area contributed by atoms with Gasteiger partial charge < -0.3 is 10.8 Å². The number of rotatable bonds is 2. The maximum atomic E-state index is 11.0. The highest BCUT2D eigenvalue weighted by molar-refractivity contribution is 7.19. The lowest BCUT2D eigenvalue weighted by Gasteiger charge is -1.94. The van der Waals surface area contributed by atoms with Gasteiger partial charge in [0.25, 0.3) is 0 Å². The van der Waals surface area contributed by atoms with E-state index in [0.717, 1.165) is 15.0 Å². The fourth-order valence-electron chi connectivity index (χ4n) is 1.47. The molecule has 1 heterocycles. The topological polar surface area (TPSA) is 63.3 Å². The standard InChI is InChI=1S/C10H9NO2S.ClH/c11-5-8-9(10(12)13)6-3-1-2-4-7(6)14-8;/h1-4H,5,11H2,(H,12,13);1H. The van der Waals surface area contributed by atoms with Crippen LogP contribution in [0, 0.1) is 0 Å². The minimum Gasteiger partial charge on any atom is -0.478 e. The summed E-state index contributed by atoms with van der Waals surface area (Å²) in [6, 6.07) is 7.45. The van der Waals surface area contributed by atoms with Crippen LogP contribution in [-0.4, -0.2) is 11.1 Å². The molecule has 0 radical (unpaired) electrons. The average Bonchev–Trinajstić information content (AvgIpc) is 2.55.